The van der Waals surface area contributed by atoms with Crippen molar-refractivity contribution in [3.63, 3.8) is 0 Å². The van der Waals surface area contributed by atoms with E-state index in [2.05, 4.69) is 86.0 Å². The van der Waals surface area contributed by atoms with E-state index in [4.69, 9.17) is 12.2 Å². The summed E-state index contributed by atoms with van der Waals surface area (Å²) in [6.07, 6.45) is 2.21. The van der Waals surface area contributed by atoms with E-state index < -0.39 is 0 Å². The lowest BCUT2D eigenvalue weighted by Gasteiger charge is -2.18. The van der Waals surface area contributed by atoms with Gasteiger partial charge < -0.3 is 10.6 Å². The van der Waals surface area contributed by atoms with Gasteiger partial charge in [0.15, 0.2) is 5.11 Å². The van der Waals surface area contributed by atoms with Crippen LogP contribution < -0.4 is 10.6 Å². The molecule has 0 amide bonds. The van der Waals surface area contributed by atoms with E-state index in [0.29, 0.717) is 16.9 Å². The number of hydrogen-bond acceptors (Lipinski definition) is 1. The first-order chi connectivity index (χ1) is 11.6. The van der Waals surface area contributed by atoms with Gasteiger partial charge in [0, 0.05) is 12.2 Å². The molecule has 0 heterocycles. The lowest BCUT2D eigenvalue weighted by Crippen LogP contribution is -2.33. The number of thiocarbonyl (C=S) groups is 1. The van der Waals surface area contributed by atoms with Gasteiger partial charge in [-0.25, -0.2) is 0 Å². The average Bonchev–Trinajstić information content (AvgIpc) is 2.60. The van der Waals surface area contributed by atoms with Crippen molar-refractivity contribution in [3.8, 4) is 0 Å². The molecular formula is C21H28N2S. The lowest BCUT2D eigenvalue weighted by atomic mass is 9.97. The molecule has 0 spiro atoms. The molecule has 2 rings (SSSR count). The van der Waals surface area contributed by atoms with Crippen LogP contribution in [-0.4, -0.2) is 11.7 Å². The fourth-order valence-electron chi connectivity index (χ4n) is 2.67. The Labute approximate surface area is 151 Å². The summed E-state index contributed by atoms with van der Waals surface area (Å²) >= 11 is 5.43. The molecule has 2 N–H and O–H groups in total. The monoisotopic (exact) mass is 340 g/mol. The molecule has 3 heteroatoms. The first-order valence-corrected chi connectivity index (χ1v) is 9.18. The van der Waals surface area contributed by atoms with E-state index in [-0.39, 0.29) is 0 Å². The highest BCUT2D eigenvalue weighted by Gasteiger charge is 2.08. The molecule has 0 aromatic heterocycles. The van der Waals surface area contributed by atoms with Crippen LogP contribution in [-0.2, 0) is 6.42 Å². The molecule has 1 atom stereocenters. The third-order valence-corrected chi connectivity index (χ3v) is 4.58. The Morgan fingerprint density at radius 1 is 1.00 bits per heavy atom. The fourth-order valence-corrected chi connectivity index (χ4v) is 2.87. The van der Waals surface area contributed by atoms with Gasteiger partial charge in [-0.1, -0.05) is 69.7 Å². The summed E-state index contributed by atoms with van der Waals surface area (Å²) in [7, 11) is 0. The molecular weight excluding hydrogens is 312 g/mol. The van der Waals surface area contributed by atoms with E-state index in [1.165, 1.54) is 11.1 Å². The summed E-state index contributed by atoms with van der Waals surface area (Å²) in [5.41, 5.74) is 3.76. The van der Waals surface area contributed by atoms with E-state index >= 15 is 0 Å². The van der Waals surface area contributed by atoms with Gasteiger partial charge in [0.05, 0.1) is 0 Å². The summed E-state index contributed by atoms with van der Waals surface area (Å²) < 4.78 is 0. The third kappa shape index (κ3) is 5.97. The van der Waals surface area contributed by atoms with Gasteiger partial charge >= 0.3 is 0 Å². The normalized spacial score (nSPS) is 12.0. The van der Waals surface area contributed by atoms with Crippen molar-refractivity contribution < 1.29 is 0 Å². The zero-order chi connectivity index (χ0) is 17.4. The predicted molar refractivity (Wildman–Crippen MR) is 109 cm³/mol. The van der Waals surface area contributed by atoms with Crippen LogP contribution in [0.3, 0.4) is 0 Å². The van der Waals surface area contributed by atoms with Gasteiger partial charge in [0.1, 0.15) is 0 Å². The summed E-state index contributed by atoms with van der Waals surface area (Å²) in [4.78, 5) is 0. The van der Waals surface area contributed by atoms with Gasteiger partial charge in [0.25, 0.3) is 0 Å². The summed E-state index contributed by atoms with van der Waals surface area (Å²) in [5.74, 6) is 1.13. The van der Waals surface area contributed by atoms with Crippen LogP contribution in [0.4, 0.5) is 5.69 Å². The maximum atomic E-state index is 5.43. The van der Waals surface area contributed by atoms with Crippen molar-refractivity contribution in [3.05, 3.63) is 65.7 Å². The predicted octanol–water partition coefficient (Wildman–Crippen LogP) is 5.37. The first kappa shape index (κ1) is 18.5. The van der Waals surface area contributed by atoms with E-state index in [9.17, 15) is 0 Å². The van der Waals surface area contributed by atoms with E-state index in [1.54, 1.807) is 0 Å². The average molecular weight is 341 g/mol. The van der Waals surface area contributed by atoms with Crippen molar-refractivity contribution in [1.82, 2.24) is 5.32 Å². The van der Waals surface area contributed by atoms with Crippen LogP contribution in [0.15, 0.2) is 54.6 Å². The summed E-state index contributed by atoms with van der Waals surface area (Å²) in [6, 6.07) is 19.1. The van der Waals surface area contributed by atoms with Crippen LogP contribution in [0.2, 0.25) is 0 Å². The van der Waals surface area contributed by atoms with Gasteiger partial charge in [-0.2, -0.15) is 0 Å². The minimum Gasteiger partial charge on any atom is -0.362 e. The second kappa shape index (κ2) is 9.43. The minimum absolute atomic E-state index is 0.549. The molecule has 2 nitrogen and oxygen atoms in total. The number of anilines is 1. The highest BCUT2D eigenvalue weighted by atomic mass is 32.1. The molecule has 0 aliphatic heterocycles. The van der Waals surface area contributed by atoms with Crippen molar-refractivity contribution in [1.29, 1.82) is 0 Å². The largest absolute Gasteiger partial charge is 0.362 e. The quantitative estimate of drug-likeness (QED) is 0.663. The second-order valence-electron chi connectivity index (χ2n) is 6.58. The first-order valence-electron chi connectivity index (χ1n) is 8.77. The zero-order valence-electron chi connectivity index (χ0n) is 14.9. The maximum absolute atomic E-state index is 5.43. The second-order valence-corrected chi connectivity index (χ2v) is 6.98. The molecule has 0 saturated carbocycles. The maximum Gasteiger partial charge on any atom is 0.170 e. The van der Waals surface area contributed by atoms with Crippen LogP contribution in [0.25, 0.3) is 0 Å². The molecule has 2 aromatic carbocycles. The highest BCUT2D eigenvalue weighted by Crippen LogP contribution is 2.17. The van der Waals surface area contributed by atoms with Crippen LogP contribution in [0.1, 0.15) is 44.2 Å². The standard InChI is InChI=1S/C21H28N2S/c1-4-17(14-18-8-6-5-7-9-18)15-22-21(24)23-20-12-10-19(11-13-20)16(2)3/h5-13,16-17H,4,14-15H2,1-3H3,(H2,22,23,24)/t17-/m1/s1. The number of hydrogen-bond donors (Lipinski definition) is 2. The topological polar surface area (TPSA) is 24.1 Å². The molecule has 0 fully saturated rings. The molecule has 0 bridgehead atoms. The molecule has 2 aromatic rings. The third-order valence-electron chi connectivity index (χ3n) is 4.33. The Balaban J connectivity index is 1.80. The Hall–Kier alpha value is -1.87. The zero-order valence-corrected chi connectivity index (χ0v) is 15.7. The van der Waals surface area contributed by atoms with Crippen molar-refractivity contribution in [2.45, 2.75) is 39.5 Å². The van der Waals surface area contributed by atoms with Gasteiger partial charge in [-0.15, -0.1) is 0 Å². The highest BCUT2D eigenvalue weighted by molar-refractivity contribution is 7.80. The number of nitrogens with one attached hydrogen (secondary N) is 2. The van der Waals surface area contributed by atoms with Crippen molar-refractivity contribution in [2.24, 2.45) is 5.92 Å². The van der Waals surface area contributed by atoms with Crippen LogP contribution >= 0.6 is 12.2 Å². The van der Waals surface area contributed by atoms with E-state index in [1.807, 2.05) is 0 Å². The van der Waals surface area contributed by atoms with Gasteiger partial charge in [-0.05, 0) is 53.7 Å². The molecule has 128 valence electrons. The van der Waals surface area contributed by atoms with Crippen molar-refractivity contribution in [2.75, 3.05) is 11.9 Å². The van der Waals surface area contributed by atoms with Crippen LogP contribution in [0, 0.1) is 5.92 Å². The molecule has 0 radical (unpaired) electrons. The molecule has 24 heavy (non-hydrogen) atoms. The Morgan fingerprint density at radius 3 is 2.25 bits per heavy atom. The van der Waals surface area contributed by atoms with E-state index in [0.717, 1.165) is 25.1 Å². The van der Waals surface area contributed by atoms with Crippen molar-refractivity contribution >= 4 is 23.0 Å². The lowest BCUT2D eigenvalue weighted by molar-refractivity contribution is 0.498. The smallest absolute Gasteiger partial charge is 0.170 e. The molecule has 0 aliphatic carbocycles. The van der Waals surface area contributed by atoms with Gasteiger partial charge in [-0.3, -0.25) is 0 Å². The number of rotatable bonds is 7. The SMILES string of the molecule is CC[C@@H](CNC(=S)Nc1ccc(C(C)C)cc1)Cc1ccccc1. The Morgan fingerprint density at radius 2 is 1.67 bits per heavy atom. The summed E-state index contributed by atoms with van der Waals surface area (Å²) in [6.45, 7) is 7.52. The Kier molecular flexibility index (Phi) is 7.26. The number of benzene rings is 2. The molecule has 0 saturated heterocycles. The van der Waals surface area contributed by atoms with Gasteiger partial charge in [0.2, 0.25) is 0 Å². The Bertz CT molecular complexity index is 620. The van der Waals surface area contributed by atoms with Crippen LogP contribution in [0.5, 0.6) is 0 Å². The fraction of sp³-hybridized carbons (Fsp3) is 0.381. The minimum atomic E-state index is 0.549. The summed E-state index contributed by atoms with van der Waals surface area (Å²) in [5, 5.41) is 7.33. The molecule has 0 unspecified atom stereocenters. The molecule has 0 aliphatic rings.